The molecule has 0 spiro atoms. The van der Waals surface area contributed by atoms with E-state index in [2.05, 4.69) is 17.6 Å². The van der Waals surface area contributed by atoms with Crippen molar-refractivity contribution < 1.29 is 9.59 Å². The lowest BCUT2D eigenvalue weighted by atomic mass is 9.76. The maximum atomic E-state index is 11.4. The van der Waals surface area contributed by atoms with E-state index in [1.807, 2.05) is 0 Å². The smallest absolute Gasteiger partial charge is 0.217 e. The second kappa shape index (κ2) is 4.31. The lowest BCUT2D eigenvalue weighted by molar-refractivity contribution is -0.122. The Labute approximate surface area is 103 Å². The van der Waals surface area contributed by atoms with Crippen LogP contribution in [0.4, 0.5) is 0 Å². The Hall–Kier alpha value is -1.06. The number of hydrogen-bond acceptors (Lipinski definition) is 2. The highest BCUT2D eigenvalue weighted by atomic mass is 16.2. The summed E-state index contributed by atoms with van der Waals surface area (Å²) in [5.41, 5.74) is -0.0815. The fourth-order valence-electron chi connectivity index (χ4n) is 4.00. The third-order valence-electron chi connectivity index (χ3n) is 4.47. The molecule has 0 saturated heterocycles. The van der Waals surface area contributed by atoms with Crippen LogP contribution in [0.2, 0.25) is 0 Å². The third kappa shape index (κ3) is 2.17. The van der Waals surface area contributed by atoms with Crippen molar-refractivity contribution in [1.82, 2.24) is 10.6 Å². The summed E-state index contributed by atoms with van der Waals surface area (Å²) >= 11 is 0. The minimum atomic E-state index is -0.0815. The van der Waals surface area contributed by atoms with E-state index < -0.39 is 0 Å². The highest BCUT2D eigenvalue weighted by molar-refractivity contribution is 5.74. The van der Waals surface area contributed by atoms with Gasteiger partial charge in [0.2, 0.25) is 11.8 Å². The molecule has 2 N–H and O–H groups in total. The summed E-state index contributed by atoms with van der Waals surface area (Å²) in [5.74, 6) is 1.14. The van der Waals surface area contributed by atoms with Crippen molar-refractivity contribution in [3.63, 3.8) is 0 Å². The first-order valence-corrected chi connectivity index (χ1v) is 6.52. The van der Waals surface area contributed by atoms with Gasteiger partial charge in [-0.05, 0) is 31.6 Å². The van der Waals surface area contributed by atoms with Crippen LogP contribution in [-0.2, 0) is 9.59 Å². The summed E-state index contributed by atoms with van der Waals surface area (Å²) in [6, 6.07) is 0.248. The fourth-order valence-corrected chi connectivity index (χ4v) is 4.00. The van der Waals surface area contributed by atoms with Crippen molar-refractivity contribution in [1.29, 1.82) is 0 Å². The molecule has 2 bridgehead atoms. The summed E-state index contributed by atoms with van der Waals surface area (Å²) < 4.78 is 0. The average molecular weight is 238 g/mol. The highest BCUT2D eigenvalue weighted by Gasteiger charge is 2.55. The number of carbonyl (C=O) groups excluding carboxylic acids is 2. The van der Waals surface area contributed by atoms with Crippen LogP contribution in [0.25, 0.3) is 0 Å². The zero-order valence-corrected chi connectivity index (χ0v) is 10.9. The zero-order valence-electron chi connectivity index (χ0n) is 10.9. The maximum Gasteiger partial charge on any atom is 0.217 e. The van der Waals surface area contributed by atoms with E-state index in [0.717, 1.165) is 25.7 Å². The van der Waals surface area contributed by atoms with Gasteiger partial charge in [0.1, 0.15) is 0 Å². The second-order valence-corrected chi connectivity index (χ2v) is 5.65. The highest BCUT2D eigenvalue weighted by Crippen LogP contribution is 2.52. The van der Waals surface area contributed by atoms with Gasteiger partial charge in [0.25, 0.3) is 0 Å². The molecule has 4 nitrogen and oxygen atoms in total. The minimum absolute atomic E-state index is 0.0374. The number of hydrogen-bond donors (Lipinski definition) is 2. The first-order valence-electron chi connectivity index (χ1n) is 6.52. The Bertz CT molecular complexity index is 342. The van der Waals surface area contributed by atoms with E-state index in [-0.39, 0.29) is 23.4 Å². The molecule has 4 atom stereocenters. The zero-order chi connectivity index (χ0) is 12.6. The van der Waals surface area contributed by atoms with Crippen LogP contribution in [0.3, 0.4) is 0 Å². The van der Waals surface area contributed by atoms with Crippen LogP contribution in [0.1, 0.15) is 46.5 Å². The molecule has 0 unspecified atom stereocenters. The van der Waals surface area contributed by atoms with Crippen molar-refractivity contribution in [2.24, 2.45) is 11.8 Å². The molecule has 2 rings (SSSR count). The molecular formula is C13H22N2O2. The minimum Gasteiger partial charge on any atom is -0.353 e. The lowest BCUT2D eigenvalue weighted by Gasteiger charge is -2.41. The largest absolute Gasteiger partial charge is 0.353 e. The fraction of sp³-hybridized carbons (Fsp3) is 0.846. The van der Waals surface area contributed by atoms with Crippen LogP contribution in [-0.4, -0.2) is 23.4 Å². The van der Waals surface area contributed by atoms with Crippen molar-refractivity contribution in [3.05, 3.63) is 0 Å². The van der Waals surface area contributed by atoms with Gasteiger partial charge in [-0.3, -0.25) is 9.59 Å². The van der Waals surface area contributed by atoms with Gasteiger partial charge in [-0.1, -0.05) is 6.92 Å². The molecule has 96 valence electrons. The number of carbonyl (C=O) groups is 2. The van der Waals surface area contributed by atoms with E-state index in [1.54, 1.807) is 13.8 Å². The van der Waals surface area contributed by atoms with Crippen molar-refractivity contribution in [2.45, 2.75) is 58.0 Å². The number of rotatable bonds is 3. The third-order valence-corrected chi connectivity index (χ3v) is 4.47. The molecular weight excluding hydrogens is 216 g/mol. The lowest BCUT2D eigenvalue weighted by Crippen LogP contribution is -2.57. The molecule has 0 radical (unpaired) electrons. The van der Waals surface area contributed by atoms with E-state index in [4.69, 9.17) is 0 Å². The van der Waals surface area contributed by atoms with Crippen LogP contribution in [0.5, 0.6) is 0 Å². The number of nitrogens with one attached hydrogen (secondary N) is 2. The molecule has 4 heteroatoms. The summed E-state index contributed by atoms with van der Waals surface area (Å²) in [7, 11) is 0. The van der Waals surface area contributed by atoms with Gasteiger partial charge < -0.3 is 10.6 Å². The Morgan fingerprint density at radius 2 is 1.94 bits per heavy atom. The molecule has 2 fully saturated rings. The van der Waals surface area contributed by atoms with Gasteiger partial charge in [0.15, 0.2) is 0 Å². The molecule has 0 aromatic heterocycles. The summed E-state index contributed by atoms with van der Waals surface area (Å²) in [5, 5.41) is 6.19. The summed E-state index contributed by atoms with van der Waals surface area (Å²) in [6.45, 7) is 5.27. The van der Waals surface area contributed by atoms with Crippen molar-refractivity contribution in [2.75, 3.05) is 0 Å². The normalized spacial score (nSPS) is 39.1. The van der Waals surface area contributed by atoms with Crippen LogP contribution in [0, 0.1) is 11.8 Å². The van der Waals surface area contributed by atoms with Crippen molar-refractivity contribution in [3.8, 4) is 0 Å². The molecule has 0 aromatic rings. The first kappa shape index (κ1) is 12.4. The number of fused-ring (bicyclic) bond motifs is 2. The molecule has 17 heavy (non-hydrogen) atoms. The topological polar surface area (TPSA) is 58.2 Å². The van der Waals surface area contributed by atoms with E-state index >= 15 is 0 Å². The predicted octanol–water partition coefficient (Wildman–Crippen LogP) is 1.21. The van der Waals surface area contributed by atoms with E-state index in [9.17, 15) is 9.59 Å². The van der Waals surface area contributed by atoms with Gasteiger partial charge in [-0.15, -0.1) is 0 Å². The van der Waals surface area contributed by atoms with Crippen LogP contribution < -0.4 is 10.6 Å². The van der Waals surface area contributed by atoms with Gasteiger partial charge in [0.05, 0.1) is 0 Å². The number of amides is 2. The molecule has 2 amide bonds. The Morgan fingerprint density at radius 3 is 2.41 bits per heavy atom. The SMILES string of the molecule is CC[C@@]1(NC(C)=O)C[C@@H]2C[C@@H]1[C@H](NC(C)=O)C2. The summed E-state index contributed by atoms with van der Waals surface area (Å²) in [6.07, 6.45) is 4.23. The van der Waals surface area contributed by atoms with Gasteiger partial charge in [-0.2, -0.15) is 0 Å². The molecule has 0 aromatic carbocycles. The van der Waals surface area contributed by atoms with E-state index in [0.29, 0.717) is 11.8 Å². The van der Waals surface area contributed by atoms with E-state index in [1.165, 1.54) is 0 Å². The Balaban J connectivity index is 2.14. The van der Waals surface area contributed by atoms with Gasteiger partial charge >= 0.3 is 0 Å². The van der Waals surface area contributed by atoms with Crippen LogP contribution in [0.15, 0.2) is 0 Å². The average Bonchev–Trinajstić information content (AvgIpc) is 2.73. The van der Waals surface area contributed by atoms with Crippen molar-refractivity contribution >= 4 is 11.8 Å². The van der Waals surface area contributed by atoms with Gasteiger partial charge in [0, 0.05) is 31.3 Å². The Kier molecular flexibility index (Phi) is 3.15. The predicted molar refractivity (Wildman–Crippen MR) is 65.3 cm³/mol. The molecule has 2 saturated carbocycles. The first-order chi connectivity index (χ1) is 7.97. The molecule has 2 aliphatic carbocycles. The quantitative estimate of drug-likeness (QED) is 0.776. The molecule has 0 aliphatic heterocycles. The van der Waals surface area contributed by atoms with Gasteiger partial charge in [-0.25, -0.2) is 0 Å². The monoisotopic (exact) mass is 238 g/mol. The Morgan fingerprint density at radius 1 is 1.24 bits per heavy atom. The second-order valence-electron chi connectivity index (χ2n) is 5.65. The summed E-state index contributed by atoms with van der Waals surface area (Å²) in [4.78, 5) is 22.6. The molecule has 0 heterocycles. The van der Waals surface area contributed by atoms with Crippen LogP contribution >= 0.6 is 0 Å². The standard InChI is InChI=1S/C13H22N2O2/c1-4-13(15-9(3)17)7-10-5-11(13)12(6-10)14-8(2)16/h10-12H,4-7H2,1-3H3,(H,14,16)(H,15,17)/t10-,11-,12-,13-/m1/s1. The molecule has 2 aliphatic rings. The maximum absolute atomic E-state index is 11.4.